The maximum absolute atomic E-state index is 13.3. The van der Waals surface area contributed by atoms with Gasteiger partial charge in [0.15, 0.2) is 11.2 Å². The molecule has 1 saturated heterocycles. The fourth-order valence-electron chi connectivity index (χ4n) is 4.19. The standard InChI is InChI=1S/C20H26BrN5O3/c1-5-11-16(17(27)15-18(23-11)22-10-14(21)24-15)25-8-9-26(13-7-6-12(13)25)19(28)29-20(2,3)4/h10,12-13H,5-9H2,1-4H3,(H,22,23,27)/t12-,13-/m0/s1. The summed E-state index contributed by atoms with van der Waals surface area (Å²) in [7, 11) is 0. The number of ether oxygens (including phenoxy) is 1. The summed E-state index contributed by atoms with van der Waals surface area (Å²) in [5.41, 5.74) is 1.71. The smallest absolute Gasteiger partial charge is 0.410 e. The lowest BCUT2D eigenvalue weighted by Gasteiger charge is -2.54. The fraction of sp³-hybridized carbons (Fsp3) is 0.600. The number of aromatic nitrogens is 3. The zero-order valence-corrected chi connectivity index (χ0v) is 18.7. The molecule has 1 N–H and O–H groups in total. The first-order chi connectivity index (χ1) is 13.7. The van der Waals surface area contributed by atoms with Crippen LogP contribution in [0.1, 0.15) is 46.2 Å². The summed E-state index contributed by atoms with van der Waals surface area (Å²) in [5, 5.41) is 0. The maximum Gasteiger partial charge on any atom is 0.410 e. The van der Waals surface area contributed by atoms with Gasteiger partial charge >= 0.3 is 6.09 Å². The summed E-state index contributed by atoms with van der Waals surface area (Å²) in [6, 6.07) is 0.173. The summed E-state index contributed by atoms with van der Waals surface area (Å²) < 4.78 is 6.12. The summed E-state index contributed by atoms with van der Waals surface area (Å²) in [6.45, 7) is 8.76. The molecule has 0 bridgehead atoms. The van der Waals surface area contributed by atoms with Crippen LogP contribution in [0, 0.1) is 0 Å². The minimum Gasteiger partial charge on any atom is -0.444 e. The highest BCUT2D eigenvalue weighted by Crippen LogP contribution is 2.37. The van der Waals surface area contributed by atoms with Crippen LogP contribution in [0.4, 0.5) is 10.5 Å². The number of carbonyl (C=O) groups excluding carboxylic acids is 1. The Morgan fingerprint density at radius 2 is 2.03 bits per heavy atom. The number of aromatic amines is 1. The quantitative estimate of drug-likeness (QED) is 0.734. The van der Waals surface area contributed by atoms with Gasteiger partial charge in [0.1, 0.15) is 15.9 Å². The van der Waals surface area contributed by atoms with E-state index >= 15 is 0 Å². The van der Waals surface area contributed by atoms with Crippen LogP contribution in [0.3, 0.4) is 0 Å². The molecule has 2 aromatic rings. The second kappa shape index (κ2) is 7.27. The zero-order chi connectivity index (χ0) is 20.9. The van der Waals surface area contributed by atoms with Crippen molar-refractivity contribution in [2.45, 2.75) is 64.6 Å². The number of piperazine rings is 1. The van der Waals surface area contributed by atoms with E-state index in [1.54, 1.807) is 6.20 Å². The van der Waals surface area contributed by atoms with Gasteiger partial charge in [0.2, 0.25) is 5.43 Å². The number of amides is 1. The number of carbonyl (C=O) groups is 1. The Morgan fingerprint density at radius 3 is 2.66 bits per heavy atom. The van der Waals surface area contributed by atoms with Crippen LogP contribution < -0.4 is 10.3 Å². The molecule has 0 unspecified atom stereocenters. The van der Waals surface area contributed by atoms with E-state index in [0.717, 1.165) is 18.5 Å². The van der Waals surface area contributed by atoms with Gasteiger partial charge in [-0.15, -0.1) is 0 Å². The molecule has 9 heteroatoms. The van der Waals surface area contributed by atoms with Crippen molar-refractivity contribution in [1.29, 1.82) is 0 Å². The van der Waals surface area contributed by atoms with Crippen LogP contribution in [0.2, 0.25) is 0 Å². The molecule has 2 fully saturated rings. The van der Waals surface area contributed by atoms with E-state index in [1.165, 1.54) is 0 Å². The summed E-state index contributed by atoms with van der Waals surface area (Å²) in [4.78, 5) is 41.9. The Hall–Kier alpha value is -2.16. The van der Waals surface area contributed by atoms with Crippen LogP contribution in [0.15, 0.2) is 15.6 Å². The average molecular weight is 464 g/mol. The number of hydrogen-bond acceptors (Lipinski definition) is 6. The third kappa shape index (κ3) is 3.60. The molecule has 1 amide bonds. The third-order valence-electron chi connectivity index (χ3n) is 5.58. The van der Waals surface area contributed by atoms with Crippen LogP contribution >= 0.6 is 15.9 Å². The molecule has 1 saturated carbocycles. The number of pyridine rings is 1. The molecule has 29 heavy (non-hydrogen) atoms. The lowest BCUT2D eigenvalue weighted by atomic mass is 9.81. The van der Waals surface area contributed by atoms with Crippen LogP contribution in [-0.2, 0) is 11.2 Å². The summed E-state index contributed by atoms with van der Waals surface area (Å²) >= 11 is 3.30. The Kier molecular flexibility index (Phi) is 5.04. The molecule has 2 aromatic heterocycles. The number of aryl methyl sites for hydroxylation is 1. The van der Waals surface area contributed by atoms with Crippen molar-refractivity contribution in [2.75, 3.05) is 18.0 Å². The highest BCUT2D eigenvalue weighted by Gasteiger charge is 2.47. The van der Waals surface area contributed by atoms with Crippen molar-refractivity contribution < 1.29 is 9.53 Å². The molecule has 0 spiro atoms. The van der Waals surface area contributed by atoms with Crippen LogP contribution in [0.25, 0.3) is 11.2 Å². The highest BCUT2D eigenvalue weighted by atomic mass is 79.9. The lowest BCUT2D eigenvalue weighted by molar-refractivity contribution is -0.00449. The Balaban J connectivity index is 1.68. The topological polar surface area (TPSA) is 91.4 Å². The minimum absolute atomic E-state index is 0.0620. The highest BCUT2D eigenvalue weighted by molar-refractivity contribution is 9.10. The second-order valence-corrected chi connectivity index (χ2v) is 9.42. The first kappa shape index (κ1) is 20.1. The van der Waals surface area contributed by atoms with E-state index in [0.29, 0.717) is 41.0 Å². The predicted molar refractivity (Wildman–Crippen MR) is 114 cm³/mol. The van der Waals surface area contributed by atoms with Gasteiger partial charge in [-0.05, 0) is 56.0 Å². The SMILES string of the molecule is CCc1[nH]c2ncc(Br)nc2c(=O)c1N1CCN(C(=O)OC(C)(C)C)[C@H]2CC[C@@H]21. The zero-order valence-electron chi connectivity index (χ0n) is 17.2. The monoisotopic (exact) mass is 463 g/mol. The average Bonchev–Trinajstić information content (AvgIpc) is 2.61. The molecule has 1 aliphatic carbocycles. The number of rotatable bonds is 2. The van der Waals surface area contributed by atoms with Crippen molar-refractivity contribution >= 4 is 38.9 Å². The van der Waals surface area contributed by atoms with Crippen LogP contribution in [-0.4, -0.2) is 56.7 Å². The molecule has 1 aliphatic heterocycles. The third-order valence-corrected chi connectivity index (χ3v) is 5.96. The van der Waals surface area contributed by atoms with Gasteiger partial charge in [-0.25, -0.2) is 14.8 Å². The number of fused-ring (bicyclic) bond motifs is 2. The van der Waals surface area contributed by atoms with E-state index in [2.05, 4.69) is 35.8 Å². The Morgan fingerprint density at radius 1 is 1.31 bits per heavy atom. The number of halogens is 1. The van der Waals surface area contributed by atoms with Gasteiger partial charge in [0.05, 0.1) is 12.2 Å². The van der Waals surface area contributed by atoms with Crippen molar-refractivity contribution in [3.63, 3.8) is 0 Å². The Labute approximate surface area is 177 Å². The van der Waals surface area contributed by atoms with E-state index in [9.17, 15) is 9.59 Å². The van der Waals surface area contributed by atoms with Gasteiger partial charge in [-0.3, -0.25) is 4.79 Å². The molecular weight excluding hydrogens is 438 g/mol. The minimum atomic E-state index is -0.523. The van der Waals surface area contributed by atoms with Crippen LogP contribution in [0.5, 0.6) is 0 Å². The number of anilines is 1. The first-order valence-electron chi connectivity index (χ1n) is 10.0. The Bertz CT molecular complexity index is 1020. The molecule has 3 heterocycles. The molecule has 2 aliphatic rings. The van der Waals surface area contributed by atoms with Crippen molar-refractivity contribution in [3.05, 3.63) is 26.7 Å². The normalized spacial score (nSPS) is 21.7. The van der Waals surface area contributed by atoms with Crippen molar-refractivity contribution in [1.82, 2.24) is 19.9 Å². The fourth-order valence-corrected chi connectivity index (χ4v) is 4.47. The molecule has 156 valence electrons. The van der Waals surface area contributed by atoms with Gasteiger partial charge in [-0.2, -0.15) is 0 Å². The molecule has 0 aromatic carbocycles. The maximum atomic E-state index is 13.3. The van der Waals surface area contributed by atoms with E-state index in [1.807, 2.05) is 32.6 Å². The molecule has 0 radical (unpaired) electrons. The largest absolute Gasteiger partial charge is 0.444 e. The molecule has 8 nitrogen and oxygen atoms in total. The van der Waals surface area contributed by atoms with Gasteiger partial charge < -0.3 is 19.5 Å². The van der Waals surface area contributed by atoms with Crippen molar-refractivity contribution in [3.8, 4) is 0 Å². The van der Waals surface area contributed by atoms with Gasteiger partial charge in [-0.1, -0.05) is 6.92 Å². The van der Waals surface area contributed by atoms with E-state index < -0.39 is 5.60 Å². The number of hydrogen-bond donors (Lipinski definition) is 1. The van der Waals surface area contributed by atoms with Gasteiger partial charge in [0, 0.05) is 24.8 Å². The number of nitrogens with one attached hydrogen (secondary N) is 1. The first-order valence-corrected chi connectivity index (χ1v) is 10.8. The molecule has 4 rings (SSSR count). The van der Waals surface area contributed by atoms with Crippen molar-refractivity contribution in [2.24, 2.45) is 0 Å². The molecular formula is C20H26BrN5O3. The number of H-pyrrole nitrogens is 1. The number of nitrogens with zero attached hydrogens (tertiary/aromatic N) is 4. The van der Waals surface area contributed by atoms with E-state index in [-0.39, 0.29) is 23.6 Å². The second-order valence-electron chi connectivity index (χ2n) is 8.60. The summed E-state index contributed by atoms with van der Waals surface area (Å²) in [6.07, 6.45) is 3.85. The van der Waals surface area contributed by atoms with Gasteiger partial charge in [0.25, 0.3) is 0 Å². The molecule has 2 atom stereocenters. The summed E-state index contributed by atoms with van der Waals surface area (Å²) in [5.74, 6) is 0. The van der Waals surface area contributed by atoms with E-state index in [4.69, 9.17) is 4.74 Å². The predicted octanol–water partition coefficient (Wildman–Crippen LogP) is 3.23. The lowest BCUT2D eigenvalue weighted by Crippen LogP contribution is -2.67.